The smallest absolute Gasteiger partial charge is 0.323 e. The summed E-state index contributed by atoms with van der Waals surface area (Å²) < 4.78 is 38.0. The standard InChI is InChI=1S/C14H14F3N3/c1-8-5-12(9(2)18)20-7-11(8)10-3-4-19-13(6-10)14(15,16)17/h3-7,9H,18H2,1-2H3. The zero-order valence-electron chi connectivity index (χ0n) is 11.1. The van der Waals surface area contributed by atoms with Gasteiger partial charge >= 0.3 is 6.18 Å². The molecule has 2 aromatic heterocycles. The normalized spacial score (nSPS) is 13.3. The SMILES string of the molecule is Cc1cc(C(C)N)ncc1-c1ccnc(C(F)(F)F)c1. The highest BCUT2D eigenvalue weighted by Crippen LogP contribution is 2.31. The fraction of sp³-hybridized carbons (Fsp3) is 0.286. The average Bonchev–Trinajstić information content (AvgIpc) is 2.37. The first-order valence-electron chi connectivity index (χ1n) is 6.05. The molecule has 0 spiro atoms. The van der Waals surface area contributed by atoms with Crippen LogP contribution in [0.3, 0.4) is 0 Å². The van der Waals surface area contributed by atoms with Crippen LogP contribution in [-0.2, 0) is 6.18 Å². The van der Waals surface area contributed by atoms with Crippen LogP contribution in [0.1, 0.15) is 29.9 Å². The van der Waals surface area contributed by atoms with E-state index in [0.717, 1.165) is 17.8 Å². The lowest BCUT2D eigenvalue weighted by molar-refractivity contribution is -0.141. The second-order valence-corrected chi connectivity index (χ2v) is 4.64. The third-order valence-electron chi connectivity index (χ3n) is 2.96. The maximum Gasteiger partial charge on any atom is 0.433 e. The molecule has 0 saturated carbocycles. The summed E-state index contributed by atoms with van der Waals surface area (Å²) in [7, 11) is 0. The Labute approximate surface area is 114 Å². The van der Waals surface area contributed by atoms with E-state index in [2.05, 4.69) is 9.97 Å². The molecule has 2 rings (SSSR count). The van der Waals surface area contributed by atoms with Gasteiger partial charge in [-0.25, -0.2) is 0 Å². The lowest BCUT2D eigenvalue weighted by Crippen LogP contribution is -2.09. The predicted molar refractivity (Wildman–Crippen MR) is 69.8 cm³/mol. The average molecular weight is 281 g/mol. The number of alkyl halides is 3. The maximum atomic E-state index is 12.7. The van der Waals surface area contributed by atoms with E-state index in [-0.39, 0.29) is 6.04 Å². The zero-order chi connectivity index (χ0) is 14.9. The van der Waals surface area contributed by atoms with Crippen molar-refractivity contribution in [2.45, 2.75) is 26.1 Å². The summed E-state index contributed by atoms with van der Waals surface area (Å²) in [6.07, 6.45) is -1.76. The van der Waals surface area contributed by atoms with Crippen LogP contribution >= 0.6 is 0 Å². The Balaban J connectivity index is 2.47. The number of hydrogen-bond acceptors (Lipinski definition) is 3. The van der Waals surface area contributed by atoms with Crippen molar-refractivity contribution in [2.24, 2.45) is 5.73 Å². The van der Waals surface area contributed by atoms with Gasteiger partial charge in [-0.2, -0.15) is 13.2 Å². The second kappa shape index (κ2) is 5.20. The Hall–Kier alpha value is -1.95. The second-order valence-electron chi connectivity index (χ2n) is 4.64. The van der Waals surface area contributed by atoms with Gasteiger partial charge in [-0.05, 0) is 43.2 Å². The van der Waals surface area contributed by atoms with Gasteiger partial charge in [0.05, 0.1) is 5.69 Å². The highest BCUT2D eigenvalue weighted by atomic mass is 19.4. The van der Waals surface area contributed by atoms with Gasteiger partial charge in [0.1, 0.15) is 5.69 Å². The van der Waals surface area contributed by atoms with Gasteiger partial charge in [-0.1, -0.05) is 0 Å². The summed E-state index contributed by atoms with van der Waals surface area (Å²) in [4.78, 5) is 7.53. The van der Waals surface area contributed by atoms with E-state index in [1.165, 1.54) is 6.07 Å². The van der Waals surface area contributed by atoms with Crippen LogP contribution in [0.5, 0.6) is 0 Å². The molecule has 0 aliphatic carbocycles. The Kier molecular flexibility index (Phi) is 3.76. The van der Waals surface area contributed by atoms with Crippen LogP contribution in [0.15, 0.2) is 30.6 Å². The molecule has 3 nitrogen and oxygen atoms in total. The number of rotatable bonds is 2. The Bertz CT molecular complexity index is 621. The molecule has 20 heavy (non-hydrogen) atoms. The lowest BCUT2D eigenvalue weighted by Gasteiger charge is -2.11. The molecule has 6 heteroatoms. The first-order valence-corrected chi connectivity index (χ1v) is 6.05. The highest BCUT2D eigenvalue weighted by Gasteiger charge is 2.32. The molecule has 0 aromatic carbocycles. The first kappa shape index (κ1) is 14.5. The quantitative estimate of drug-likeness (QED) is 0.916. The first-order chi connectivity index (χ1) is 9.29. The number of halogens is 3. The summed E-state index contributed by atoms with van der Waals surface area (Å²) in [6.45, 7) is 3.62. The van der Waals surface area contributed by atoms with Gasteiger partial charge in [-0.3, -0.25) is 9.97 Å². The van der Waals surface area contributed by atoms with E-state index >= 15 is 0 Å². The molecule has 2 aromatic rings. The van der Waals surface area contributed by atoms with Crippen LogP contribution in [0.25, 0.3) is 11.1 Å². The van der Waals surface area contributed by atoms with Crippen LogP contribution in [0, 0.1) is 6.92 Å². The van der Waals surface area contributed by atoms with Crippen molar-refractivity contribution in [2.75, 3.05) is 0 Å². The van der Waals surface area contributed by atoms with E-state index < -0.39 is 11.9 Å². The van der Waals surface area contributed by atoms with Gasteiger partial charge in [0.25, 0.3) is 0 Å². The molecule has 0 radical (unpaired) electrons. The van der Waals surface area contributed by atoms with Gasteiger partial charge in [-0.15, -0.1) is 0 Å². The number of nitrogens with two attached hydrogens (primary N) is 1. The minimum absolute atomic E-state index is 0.217. The zero-order valence-corrected chi connectivity index (χ0v) is 11.1. The van der Waals surface area contributed by atoms with Crippen molar-refractivity contribution in [3.63, 3.8) is 0 Å². The van der Waals surface area contributed by atoms with E-state index in [1.54, 1.807) is 19.2 Å². The third kappa shape index (κ3) is 2.96. The van der Waals surface area contributed by atoms with E-state index in [0.29, 0.717) is 16.8 Å². The van der Waals surface area contributed by atoms with Gasteiger partial charge in [0.2, 0.25) is 0 Å². The molecule has 0 bridgehead atoms. The van der Waals surface area contributed by atoms with Gasteiger partial charge < -0.3 is 5.73 Å². The van der Waals surface area contributed by atoms with Crippen molar-refractivity contribution >= 4 is 0 Å². The van der Waals surface area contributed by atoms with Crippen LogP contribution in [0.2, 0.25) is 0 Å². The molecule has 1 atom stereocenters. The van der Waals surface area contributed by atoms with Crippen molar-refractivity contribution in [3.8, 4) is 11.1 Å². The van der Waals surface area contributed by atoms with E-state index in [1.807, 2.05) is 6.92 Å². The van der Waals surface area contributed by atoms with Crippen LogP contribution in [-0.4, -0.2) is 9.97 Å². The summed E-state index contributed by atoms with van der Waals surface area (Å²) >= 11 is 0. The lowest BCUT2D eigenvalue weighted by atomic mass is 10.0. The summed E-state index contributed by atoms with van der Waals surface area (Å²) in [5, 5.41) is 0. The molecule has 106 valence electrons. The highest BCUT2D eigenvalue weighted by molar-refractivity contribution is 5.66. The number of pyridine rings is 2. The molecule has 0 aliphatic heterocycles. The van der Waals surface area contributed by atoms with Crippen molar-refractivity contribution in [3.05, 3.63) is 47.5 Å². The molecule has 2 N–H and O–H groups in total. The minimum Gasteiger partial charge on any atom is -0.323 e. The monoisotopic (exact) mass is 281 g/mol. The van der Waals surface area contributed by atoms with Crippen molar-refractivity contribution in [1.82, 2.24) is 9.97 Å². The van der Waals surface area contributed by atoms with Gasteiger partial charge in [0.15, 0.2) is 0 Å². The van der Waals surface area contributed by atoms with Crippen molar-refractivity contribution < 1.29 is 13.2 Å². The summed E-state index contributed by atoms with van der Waals surface area (Å²) in [6, 6.07) is 4.12. The largest absolute Gasteiger partial charge is 0.433 e. The van der Waals surface area contributed by atoms with E-state index in [4.69, 9.17) is 5.73 Å². The minimum atomic E-state index is -4.46. The van der Waals surface area contributed by atoms with Crippen molar-refractivity contribution in [1.29, 1.82) is 0 Å². The molecule has 2 heterocycles. The fourth-order valence-corrected chi connectivity index (χ4v) is 1.88. The number of nitrogens with zero attached hydrogens (tertiary/aromatic N) is 2. The maximum absolute atomic E-state index is 12.7. The predicted octanol–water partition coefficient (Wildman–Crippen LogP) is 3.49. The molecule has 0 fully saturated rings. The number of aryl methyl sites for hydroxylation is 1. The van der Waals surface area contributed by atoms with Crippen LogP contribution in [0.4, 0.5) is 13.2 Å². The Morgan fingerprint density at radius 1 is 1.20 bits per heavy atom. The molecule has 0 saturated heterocycles. The van der Waals surface area contributed by atoms with Crippen LogP contribution < -0.4 is 5.73 Å². The fourth-order valence-electron chi connectivity index (χ4n) is 1.88. The van der Waals surface area contributed by atoms with Gasteiger partial charge in [0, 0.05) is 24.0 Å². The number of aromatic nitrogens is 2. The summed E-state index contributed by atoms with van der Waals surface area (Å²) in [5.74, 6) is 0. The molecular formula is C14H14F3N3. The summed E-state index contributed by atoms with van der Waals surface area (Å²) in [5.41, 5.74) is 7.43. The molecule has 1 unspecified atom stereocenters. The molecule has 0 amide bonds. The third-order valence-corrected chi connectivity index (χ3v) is 2.96. The molecule has 0 aliphatic rings. The van der Waals surface area contributed by atoms with E-state index in [9.17, 15) is 13.2 Å². The molecular weight excluding hydrogens is 267 g/mol. The Morgan fingerprint density at radius 2 is 1.90 bits per heavy atom. The topological polar surface area (TPSA) is 51.8 Å². The number of hydrogen-bond donors (Lipinski definition) is 1. The Morgan fingerprint density at radius 3 is 2.45 bits per heavy atom.